The van der Waals surface area contributed by atoms with Crippen molar-refractivity contribution in [3.05, 3.63) is 39.4 Å². The zero-order valence-corrected chi connectivity index (χ0v) is 15.4. The van der Waals surface area contributed by atoms with Crippen LogP contribution in [-0.4, -0.2) is 10.7 Å². The number of hydrogen-bond donors (Lipinski definition) is 1. The van der Waals surface area contributed by atoms with Crippen molar-refractivity contribution < 1.29 is 0 Å². The molecule has 2 heterocycles. The molecule has 1 aromatic rings. The highest BCUT2D eigenvalue weighted by Crippen LogP contribution is 2.55. The van der Waals surface area contributed by atoms with Gasteiger partial charge < -0.3 is 5.73 Å². The molecule has 0 fully saturated rings. The maximum absolute atomic E-state index is 5.74. The average Bonchev–Trinajstić information content (AvgIpc) is 2.93. The smallest absolute Gasteiger partial charge is 0.106 e. The summed E-state index contributed by atoms with van der Waals surface area (Å²) >= 11 is 3.85. The first-order valence-electron chi connectivity index (χ1n) is 8.04. The average molecular weight is 335 g/mol. The molecule has 1 aliphatic heterocycles. The van der Waals surface area contributed by atoms with E-state index < -0.39 is 0 Å². The van der Waals surface area contributed by atoms with Crippen molar-refractivity contribution in [1.29, 1.82) is 0 Å². The summed E-state index contributed by atoms with van der Waals surface area (Å²) in [7, 11) is 0. The molecule has 2 aliphatic rings. The maximum Gasteiger partial charge on any atom is 0.106 e. The molecule has 22 heavy (non-hydrogen) atoms. The van der Waals surface area contributed by atoms with E-state index in [0.717, 1.165) is 5.01 Å². The summed E-state index contributed by atoms with van der Waals surface area (Å²) < 4.78 is 0. The van der Waals surface area contributed by atoms with E-state index in [9.17, 15) is 0 Å². The van der Waals surface area contributed by atoms with Gasteiger partial charge in [-0.15, -0.1) is 23.1 Å². The van der Waals surface area contributed by atoms with Crippen molar-refractivity contribution in [1.82, 2.24) is 4.98 Å². The summed E-state index contributed by atoms with van der Waals surface area (Å²) in [6.07, 6.45) is 5.85. The SMILES string of the molecule is C=C(C)C1C2=C(CCC(C)(C)C2)CSC1c1cnc(CN)s1. The van der Waals surface area contributed by atoms with Gasteiger partial charge in [-0.2, -0.15) is 0 Å². The fourth-order valence-corrected chi connectivity index (χ4v) is 6.39. The van der Waals surface area contributed by atoms with Crippen molar-refractivity contribution in [3.63, 3.8) is 0 Å². The summed E-state index contributed by atoms with van der Waals surface area (Å²) in [5, 5.41) is 1.52. The lowest BCUT2D eigenvalue weighted by atomic mass is 9.69. The molecule has 1 aromatic heterocycles. The molecule has 0 radical (unpaired) electrons. The lowest BCUT2D eigenvalue weighted by Gasteiger charge is -2.42. The van der Waals surface area contributed by atoms with Crippen LogP contribution in [0.15, 0.2) is 29.5 Å². The fourth-order valence-electron chi connectivity index (χ4n) is 3.70. The summed E-state index contributed by atoms with van der Waals surface area (Å²) in [6, 6.07) is 0. The van der Waals surface area contributed by atoms with Gasteiger partial charge in [0.1, 0.15) is 5.01 Å². The molecular weight excluding hydrogens is 308 g/mol. The Morgan fingerprint density at radius 3 is 2.91 bits per heavy atom. The molecule has 2 atom stereocenters. The van der Waals surface area contributed by atoms with Crippen LogP contribution in [0.4, 0.5) is 0 Å². The molecule has 0 saturated heterocycles. The highest BCUT2D eigenvalue weighted by molar-refractivity contribution is 7.99. The molecule has 0 bridgehead atoms. The number of aromatic nitrogens is 1. The highest BCUT2D eigenvalue weighted by Gasteiger charge is 2.39. The predicted octanol–water partition coefficient (Wildman–Crippen LogP) is 5.09. The van der Waals surface area contributed by atoms with Crippen LogP contribution < -0.4 is 5.73 Å². The topological polar surface area (TPSA) is 38.9 Å². The van der Waals surface area contributed by atoms with Gasteiger partial charge in [0, 0.05) is 29.3 Å². The minimum atomic E-state index is 0.426. The van der Waals surface area contributed by atoms with E-state index in [4.69, 9.17) is 5.73 Å². The van der Waals surface area contributed by atoms with E-state index in [1.54, 1.807) is 22.5 Å². The van der Waals surface area contributed by atoms with Gasteiger partial charge in [-0.1, -0.05) is 37.1 Å². The lowest BCUT2D eigenvalue weighted by Crippen LogP contribution is -2.28. The summed E-state index contributed by atoms with van der Waals surface area (Å²) in [5.74, 6) is 1.65. The Morgan fingerprint density at radius 2 is 2.27 bits per heavy atom. The number of nitrogens with two attached hydrogens (primary N) is 1. The van der Waals surface area contributed by atoms with Crippen molar-refractivity contribution in [2.24, 2.45) is 17.1 Å². The van der Waals surface area contributed by atoms with Crippen LogP contribution in [0.3, 0.4) is 0 Å². The molecule has 3 rings (SSSR count). The highest BCUT2D eigenvalue weighted by atomic mass is 32.2. The monoisotopic (exact) mass is 334 g/mol. The molecule has 2 unspecified atom stereocenters. The Hall–Kier alpha value is -0.580. The quantitative estimate of drug-likeness (QED) is 0.783. The Bertz CT molecular complexity index is 612. The van der Waals surface area contributed by atoms with Crippen LogP contribution >= 0.6 is 23.1 Å². The van der Waals surface area contributed by atoms with E-state index in [0.29, 0.717) is 23.1 Å². The van der Waals surface area contributed by atoms with Crippen molar-refractivity contribution in [2.75, 3.05) is 5.75 Å². The maximum atomic E-state index is 5.74. The van der Waals surface area contributed by atoms with E-state index in [2.05, 4.69) is 44.1 Å². The second kappa shape index (κ2) is 6.14. The van der Waals surface area contributed by atoms with Crippen molar-refractivity contribution in [3.8, 4) is 0 Å². The van der Waals surface area contributed by atoms with Crippen molar-refractivity contribution in [2.45, 2.75) is 51.8 Å². The van der Waals surface area contributed by atoms with Gasteiger partial charge in [0.15, 0.2) is 0 Å². The Morgan fingerprint density at radius 1 is 1.50 bits per heavy atom. The molecule has 0 amide bonds. The van der Waals surface area contributed by atoms with E-state index in [-0.39, 0.29) is 0 Å². The number of rotatable bonds is 3. The summed E-state index contributed by atoms with van der Waals surface area (Å²) in [5.41, 5.74) is 10.8. The number of hydrogen-bond acceptors (Lipinski definition) is 4. The van der Waals surface area contributed by atoms with Gasteiger partial charge in [0.2, 0.25) is 0 Å². The molecule has 2 nitrogen and oxygen atoms in total. The van der Waals surface area contributed by atoms with Crippen LogP contribution in [0, 0.1) is 11.3 Å². The third kappa shape index (κ3) is 3.06. The second-order valence-corrected chi connectivity index (χ2v) is 9.66. The molecule has 0 saturated carbocycles. The molecule has 4 heteroatoms. The Balaban J connectivity index is 1.96. The molecule has 2 N–H and O–H groups in total. The minimum Gasteiger partial charge on any atom is -0.325 e. The first-order chi connectivity index (χ1) is 10.4. The van der Waals surface area contributed by atoms with Gasteiger partial charge in [0.05, 0.1) is 5.25 Å². The normalized spacial score (nSPS) is 27.6. The standard InChI is InChI=1S/C18H26N2S2/c1-11(2)16-13-7-18(3,4)6-5-12(13)10-21-17(16)14-9-20-15(8-19)22-14/h9,16-17H,1,5-8,10,19H2,2-4H3. The largest absolute Gasteiger partial charge is 0.325 e. The van der Waals surface area contributed by atoms with Crippen LogP contribution in [0.2, 0.25) is 0 Å². The van der Waals surface area contributed by atoms with Gasteiger partial charge in [0.25, 0.3) is 0 Å². The second-order valence-electron chi connectivity index (χ2n) is 7.39. The number of thiazole rings is 1. The summed E-state index contributed by atoms with van der Waals surface area (Å²) in [4.78, 5) is 5.84. The van der Waals surface area contributed by atoms with Gasteiger partial charge >= 0.3 is 0 Å². The Labute approximate surface area is 142 Å². The zero-order chi connectivity index (χ0) is 15.9. The molecule has 0 aromatic carbocycles. The molecular formula is C18H26N2S2. The van der Waals surface area contributed by atoms with Crippen LogP contribution in [0.5, 0.6) is 0 Å². The van der Waals surface area contributed by atoms with Crippen LogP contribution in [-0.2, 0) is 6.54 Å². The zero-order valence-electron chi connectivity index (χ0n) is 13.8. The number of allylic oxidation sites excluding steroid dienone is 2. The van der Waals surface area contributed by atoms with Crippen molar-refractivity contribution >= 4 is 23.1 Å². The van der Waals surface area contributed by atoms with E-state index in [1.807, 2.05) is 6.20 Å². The van der Waals surface area contributed by atoms with Gasteiger partial charge in [-0.05, 0) is 31.6 Å². The van der Waals surface area contributed by atoms with Gasteiger partial charge in [-0.25, -0.2) is 4.98 Å². The fraction of sp³-hybridized carbons (Fsp3) is 0.611. The van der Waals surface area contributed by atoms with Crippen LogP contribution in [0.25, 0.3) is 0 Å². The van der Waals surface area contributed by atoms with Crippen LogP contribution in [0.1, 0.15) is 55.2 Å². The lowest BCUT2D eigenvalue weighted by molar-refractivity contribution is 0.299. The predicted molar refractivity (Wildman–Crippen MR) is 98.2 cm³/mol. The van der Waals surface area contributed by atoms with Gasteiger partial charge in [-0.3, -0.25) is 0 Å². The van der Waals surface area contributed by atoms with E-state index >= 15 is 0 Å². The first-order valence-corrected chi connectivity index (χ1v) is 9.90. The minimum absolute atomic E-state index is 0.426. The Kier molecular flexibility index (Phi) is 4.54. The molecule has 120 valence electrons. The molecule has 0 spiro atoms. The number of nitrogens with zero attached hydrogens (tertiary/aromatic N) is 1. The summed E-state index contributed by atoms with van der Waals surface area (Å²) in [6.45, 7) is 11.9. The molecule has 1 aliphatic carbocycles. The third-order valence-corrected chi connectivity index (χ3v) is 7.55. The third-order valence-electron chi connectivity index (χ3n) is 4.90. The first kappa shape index (κ1) is 16.3. The number of thioether (sulfide) groups is 1. The van der Waals surface area contributed by atoms with E-state index in [1.165, 1.54) is 35.5 Å².